The number of hydrogen-bond acceptors (Lipinski definition) is 5. The number of methoxy groups -OCH3 is 2. The molecule has 0 aliphatic heterocycles. The molecule has 7 heteroatoms. The zero-order chi connectivity index (χ0) is 17.0. The molecule has 1 heterocycles. The van der Waals surface area contributed by atoms with E-state index in [0.717, 1.165) is 6.42 Å². The van der Waals surface area contributed by atoms with E-state index in [1.165, 1.54) is 14.2 Å². The summed E-state index contributed by atoms with van der Waals surface area (Å²) < 4.78 is 17.6. The summed E-state index contributed by atoms with van der Waals surface area (Å²) in [6, 6.07) is 0. The predicted octanol–water partition coefficient (Wildman–Crippen LogP) is 3.09. The summed E-state index contributed by atoms with van der Waals surface area (Å²) in [5, 5.41) is 4.42. The quantitative estimate of drug-likeness (QED) is 0.437. The van der Waals surface area contributed by atoms with Crippen molar-refractivity contribution in [3.05, 3.63) is 11.9 Å². The second-order valence-electron chi connectivity index (χ2n) is 6.76. The molecule has 126 valence electrons. The van der Waals surface area contributed by atoms with Crippen LogP contribution in [0.15, 0.2) is 6.20 Å². The van der Waals surface area contributed by atoms with Crippen LogP contribution < -0.4 is 4.74 Å². The Morgan fingerprint density at radius 3 is 2.45 bits per heavy atom. The second kappa shape index (κ2) is 7.28. The molecule has 0 saturated carbocycles. The molecule has 6 nitrogen and oxygen atoms in total. The highest BCUT2D eigenvalue weighted by atomic mass is 28.4. The lowest BCUT2D eigenvalue weighted by molar-refractivity contribution is 0.0589. The first-order chi connectivity index (χ1) is 10.1. The summed E-state index contributed by atoms with van der Waals surface area (Å²) in [6.07, 6.45) is 2.54. The highest BCUT2D eigenvalue weighted by molar-refractivity contribution is 6.74. The third-order valence-corrected chi connectivity index (χ3v) is 8.67. The van der Waals surface area contributed by atoms with Gasteiger partial charge in [0.25, 0.3) is 0 Å². The van der Waals surface area contributed by atoms with Crippen LogP contribution in [0.25, 0.3) is 0 Å². The molecule has 0 unspecified atom stereocenters. The predicted molar refractivity (Wildman–Crippen MR) is 87.9 cm³/mol. The molecular weight excluding hydrogens is 300 g/mol. The van der Waals surface area contributed by atoms with Gasteiger partial charge in [0.05, 0.1) is 20.4 Å². The van der Waals surface area contributed by atoms with Crippen LogP contribution in [0, 0.1) is 0 Å². The monoisotopic (exact) mass is 328 g/mol. The number of aromatic nitrogens is 2. The van der Waals surface area contributed by atoms with E-state index in [-0.39, 0.29) is 10.7 Å². The standard InChI is InChI=1S/C15H28N2O4Si/c1-15(2,3)22(6,7)21-10-8-9-17-11-12(19-4)13(16-17)14(18)20-5/h11H,8-10H2,1-7H3. The average Bonchev–Trinajstić information content (AvgIpc) is 2.84. The van der Waals surface area contributed by atoms with Crippen LogP contribution in [-0.4, -0.2) is 44.9 Å². The molecule has 0 radical (unpaired) electrons. The van der Waals surface area contributed by atoms with Gasteiger partial charge in [0.15, 0.2) is 14.1 Å². The largest absolute Gasteiger partial charge is 0.493 e. The van der Waals surface area contributed by atoms with Gasteiger partial charge in [-0.3, -0.25) is 4.68 Å². The summed E-state index contributed by atoms with van der Waals surface area (Å²) >= 11 is 0. The molecule has 0 spiro atoms. The SMILES string of the molecule is COC(=O)c1nn(CCCO[Si](C)(C)C(C)(C)C)cc1OC. The molecule has 22 heavy (non-hydrogen) atoms. The zero-order valence-electron chi connectivity index (χ0n) is 14.7. The van der Waals surface area contributed by atoms with Gasteiger partial charge < -0.3 is 13.9 Å². The Morgan fingerprint density at radius 1 is 1.32 bits per heavy atom. The summed E-state index contributed by atoms with van der Waals surface area (Å²) in [7, 11) is 1.13. The third-order valence-electron chi connectivity index (χ3n) is 4.13. The van der Waals surface area contributed by atoms with Gasteiger partial charge in [-0.25, -0.2) is 4.79 Å². The van der Waals surface area contributed by atoms with Crippen LogP contribution in [-0.2, 0) is 15.7 Å². The Labute approximate surface area is 133 Å². The van der Waals surface area contributed by atoms with Gasteiger partial charge in [-0.1, -0.05) is 20.8 Å². The molecule has 1 aromatic rings. The Kier molecular flexibility index (Phi) is 6.19. The maximum Gasteiger partial charge on any atom is 0.362 e. The number of esters is 1. The van der Waals surface area contributed by atoms with Crippen molar-refractivity contribution in [1.82, 2.24) is 9.78 Å². The van der Waals surface area contributed by atoms with Crippen molar-refractivity contribution in [2.75, 3.05) is 20.8 Å². The number of carbonyl (C=O) groups excluding carboxylic acids is 1. The van der Waals surface area contributed by atoms with Crippen molar-refractivity contribution in [2.45, 2.75) is 51.9 Å². The van der Waals surface area contributed by atoms with E-state index in [1.807, 2.05) is 0 Å². The van der Waals surface area contributed by atoms with Crippen molar-refractivity contribution in [3.63, 3.8) is 0 Å². The maximum atomic E-state index is 11.6. The molecule has 0 fully saturated rings. The molecule has 0 aromatic carbocycles. The van der Waals surface area contributed by atoms with E-state index >= 15 is 0 Å². The number of nitrogens with zero attached hydrogens (tertiary/aromatic N) is 2. The van der Waals surface area contributed by atoms with Crippen LogP contribution >= 0.6 is 0 Å². The topological polar surface area (TPSA) is 62.6 Å². The van der Waals surface area contributed by atoms with Gasteiger partial charge in [0.2, 0.25) is 5.69 Å². The van der Waals surface area contributed by atoms with Crippen molar-refractivity contribution in [2.24, 2.45) is 0 Å². The smallest absolute Gasteiger partial charge is 0.362 e. The Hall–Kier alpha value is -1.34. The molecule has 0 N–H and O–H groups in total. The van der Waals surface area contributed by atoms with Crippen LogP contribution in [0.2, 0.25) is 18.1 Å². The van der Waals surface area contributed by atoms with Gasteiger partial charge in [0, 0.05) is 13.2 Å². The van der Waals surface area contributed by atoms with Gasteiger partial charge in [-0.2, -0.15) is 5.10 Å². The normalized spacial score (nSPS) is 12.3. The van der Waals surface area contributed by atoms with Gasteiger partial charge in [-0.15, -0.1) is 0 Å². The van der Waals surface area contributed by atoms with Gasteiger partial charge in [0.1, 0.15) is 0 Å². The van der Waals surface area contributed by atoms with E-state index in [4.69, 9.17) is 9.16 Å². The Balaban J connectivity index is 2.56. The molecule has 1 rings (SSSR count). The average molecular weight is 328 g/mol. The van der Waals surface area contributed by atoms with E-state index in [1.54, 1.807) is 10.9 Å². The zero-order valence-corrected chi connectivity index (χ0v) is 15.7. The minimum absolute atomic E-state index is 0.204. The van der Waals surface area contributed by atoms with E-state index in [9.17, 15) is 4.79 Å². The maximum absolute atomic E-state index is 11.6. The summed E-state index contributed by atoms with van der Waals surface area (Å²) in [5.41, 5.74) is 0.204. The number of ether oxygens (including phenoxy) is 2. The first kappa shape index (κ1) is 18.7. The van der Waals surface area contributed by atoms with E-state index in [0.29, 0.717) is 18.9 Å². The van der Waals surface area contributed by atoms with E-state index < -0.39 is 14.3 Å². The highest BCUT2D eigenvalue weighted by Gasteiger charge is 2.36. The lowest BCUT2D eigenvalue weighted by atomic mass is 10.2. The molecular formula is C15H28N2O4Si. The fourth-order valence-corrected chi connectivity index (χ4v) is 2.76. The fraction of sp³-hybridized carbons (Fsp3) is 0.733. The van der Waals surface area contributed by atoms with Crippen LogP contribution in [0.1, 0.15) is 37.7 Å². The molecule has 0 amide bonds. The van der Waals surface area contributed by atoms with Crippen molar-refractivity contribution in [3.8, 4) is 5.75 Å². The molecule has 0 atom stereocenters. The third kappa shape index (κ3) is 4.57. The number of aryl methyl sites for hydroxylation is 1. The minimum Gasteiger partial charge on any atom is -0.493 e. The van der Waals surface area contributed by atoms with E-state index in [2.05, 4.69) is 43.7 Å². The van der Waals surface area contributed by atoms with Crippen molar-refractivity contribution >= 4 is 14.3 Å². The first-order valence-electron chi connectivity index (χ1n) is 7.46. The number of rotatable bonds is 7. The van der Waals surface area contributed by atoms with Crippen LogP contribution in [0.5, 0.6) is 5.75 Å². The van der Waals surface area contributed by atoms with Crippen LogP contribution in [0.3, 0.4) is 0 Å². The second-order valence-corrected chi connectivity index (χ2v) is 11.6. The van der Waals surface area contributed by atoms with Gasteiger partial charge >= 0.3 is 5.97 Å². The molecule has 0 aliphatic carbocycles. The lowest BCUT2D eigenvalue weighted by Gasteiger charge is -2.36. The highest BCUT2D eigenvalue weighted by Crippen LogP contribution is 2.36. The first-order valence-corrected chi connectivity index (χ1v) is 10.4. The molecule has 0 saturated heterocycles. The lowest BCUT2D eigenvalue weighted by Crippen LogP contribution is -2.41. The van der Waals surface area contributed by atoms with Crippen molar-refractivity contribution in [1.29, 1.82) is 0 Å². The fourth-order valence-electron chi connectivity index (χ4n) is 1.68. The molecule has 1 aromatic heterocycles. The van der Waals surface area contributed by atoms with Crippen LogP contribution in [0.4, 0.5) is 0 Å². The van der Waals surface area contributed by atoms with Crippen molar-refractivity contribution < 1.29 is 18.7 Å². The number of hydrogen-bond donors (Lipinski definition) is 0. The minimum atomic E-state index is -1.71. The summed E-state index contributed by atoms with van der Waals surface area (Å²) in [5.74, 6) is -0.0645. The van der Waals surface area contributed by atoms with Gasteiger partial charge in [-0.05, 0) is 24.6 Å². The Morgan fingerprint density at radius 2 is 1.95 bits per heavy atom. The molecule has 0 aliphatic rings. The summed E-state index contributed by atoms with van der Waals surface area (Å²) in [6.45, 7) is 12.5. The molecule has 0 bridgehead atoms. The summed E-state index contributed by atoms with van der Waals surface area (Å²) in [4.78, 5) is 11.6. The number of carbonyl (C=O) groups is 1. The Bertz CT molecular complexity index is 506.